The van der Waals surface area contributed by atoms with E-state index in [0.29, 0.717) is 21.3 Å². The molecule has 0 bridgehead atoms. The van der Waals surface area contributed by atoms with Crippen molar-refractivity contribution in [3.05, 3.63) is 58.3 Å². The molecule has 1 N–H and O–H groups in total. The second-order valence-corrected chi connectivity index (χ2v) is 4.16. The number of halogens is 2. The first-order chi connectivity index (χ1) is 8.16. The largest absolute Gasteiger partial charge is 0.322 e. The number of amides is 1. The fourth-order valence-corrected chi connectivity index (χ4v) is 1.59. The number of hydrogen-bond acceptors (Lipinski definition) is 2. The number of carbonyl (C=O) groups is 1. The average Bonchev–Trinajstić information content (AvgIpc) is 2.32. The van der Waals surface area contributed by atoms with Gasteiger partial charge in [0.25, 0.3) is 5.91 Å². The summed E-state index contributed by atoms with van der Waals surface area (Å²) in [5, 5.41) is 3.68. The summed E-state index contributed by atoms with van der Waals surface area (Å²) in [6, 6.07) is 8.39. The minimum Gasteiger partial charge on any atom is -0.322 e. The summed E-state index contributed by atoms with van der Waals surface area (Å²) in [4.78, 5) is 15.7. The molecule has 0 aliphatic rings. The van der Waals surface area contributed by atoms with Crippen LogP contribution in [-0.2, 0) is 0 Å². The van der Waals surface area contributed by atoms with Crippen molar-refractivity contribution in [1.29, 1.82) is 0 Å². The van der Waals surface area contributed by atoms with E-state index in [2.05, 4.69) is 10.3 Å². The first-order valence-electron chi connectivity index (χ1n) is 4.83. The van der Waals surface area contributed by atoms with Crippen LogP contribution < -0.4 is 5.32 Å². The zero-order valence-electron chi connectivity index (χ0n) is 8.65. The predicted molar refractivity (Wildman–Crippen MR) is 68.7 cm³/mol. The van der Waals surface area contributed by atoms with Crippen LogP contribution in [0.2, 0.25) is 10.0 Å². The summed E-state index contributed by atoms with van der Waals surface area (Å²) >= 11 is 11.6. The molecule has 0 radical (unpaired) electrons. The van der Waals surface area contributed by atoms with Crippen molar-refractivity contribution in [2.75, 3.05) is 5.32 Å². The van der Waals surface area contributed by atoms with Gasteiger partial charge in [-0.05, 0) is 30.3 Å². The maximum Gasteiger partial charge on any atom is 0.258 e. The van der Waals surface area contributed by atoms with E-state index in [1.54, 1.807) is 30.3 Å². The van der Waals surface area contributed by atoms with Crippen LogP contribution in [0.4, 0.5) is 5.69 Å². The molecule has 0 spiro atoms. The van der Waals surface area contributed by atoms with Gasteiger partial charge in [0.15, 0.2) is 0 Å². The van der Waals surface area contributed by atoms with Gasteiger partial charge in [0, 0.05) is 23.1 Å². The van der Waals surface area contributed by atoms with Crippen LogP contribution in [-0.4, -0.2) is 10.9 Å². The second kappa shape index (κ2) is 5.17. The highest BCUT2D eigenvalue weighted by molar-refractivity contribution is 6.34. The zero-order chi connectivity index (χ0) is 12.3. The fraction of sp³-hybridized carbons (Fsp3) is 0. The van der Waals surface area contributed by atoms with E-state index in [4.69, 9.17) is 23.2 Å². The van der Waals surface area contributed by atoms with Crippen LogP contribution in [0.15, 0.2) is 42.7 Å². The topological polar surface area (TPSA) is 42.0 Å². The van der Waals surface area contributed by atoms with Crippen molar-refractivity contribution >= 4 is 34.8 Å². The molecule has 86 valence electrons. The SMILES string of the molecule is O=C(Nc1ccc(Cl)cc1)c1cnccc1Cl. The minimum atomic E-state index is -0.301. The maximum absolute atomic E-state index is 11.9. The molecule has 0 aliphatic carbocycles. The van der Waals surface area contributed by atoms with Gasteiger partial charge in [0.2, 0.25) is 0 Å². The van der Waals surface area contributed by atoms with Crippen molar-refractivity contribution in [3.63, 3.8) is 0 Å². The van der Waals surface area contributed by atoms with Crippen LogP contribution in [0.1, 0.15) is 10.4 Å². The lowest BCUT2D eigenvalue weighted by Gasteiger charge is -2.05. The summed E-state index contributed by atoms with van der Waals surface area (Å²) in [5.74, 6) is -0.301. The van der Waals surface area contributed by atoms with Crippen LogP contribution in [0.25, 0.3) is 0 Å². The molecular formula is C12H8Cl2N2O. The molecule has 0 atom stereocenters. The third-order valence-electron chi connectivity index (χ3n) is 2.11. The predicted octanol–water partition coefficient (Wildman–Crippen LogP) is 3.64. The van der Waals surface area contributed by atoms with Crippen LogP contribution >= 0.6 is 23.2 Å². The van der Waals surface area contributed by atoms with Gasteiger partial charge in [-0.15, -0.1) is 0 Å². The molecule has 0 fully saturated rings. The van der Waals surface area contributed by atoms with Gasteiger partial charge in [-0.25, -0.2) is 0 Å². The van der Waals surface area contributed by atoms with Crippen LogP contribution in [0, 0.1) is 0 Å². The lowest BCUT2D eigenvalue weighted by atomic mass is 10.2. The summed E-state index contributed by atoms with van der Waals surface area (Å²) in [6.07, 6.45) is 2.95. The lowest BCUT2D eigenvalue weighted by Crippen LogP contribution is -2.12. The molecule has 2 rings (SSSR count). The van der Waals surface area contributed by atoms with Crippen molar-refractivity contribution in [1.82, 2.24) is 4.98 Å². The van der Waals surface area contributed by atoms with Gasteiger partial charge in [-0.2, -0.15) is 0 Å². The Kier molecular flexibility index (Phi) is 3.61. The minimum absolute atomic E-state index is 0.301. The van der Waals surface area contributed by atoms with E-state index in [1.807, 2.05) is 0 Å². The Morgan fingerprint density at radius 3 is 2.47 bits per heavy atom. The number of nitrogens with one attached hydrogen (secondary N) is 1. The highest BCUT2D eigenvalue weighted by Gasteiger charge is 2.10. The van der Waals surface area contributed by atoms with E-state index < -0.39 is 0 Å². The molecule has 1 aromatic carbocycles. The van der Waals surface area contributed by atoms with E-state index in [1.165, 1.54) is 12.4 Å². The normalized spacial score (nSPS) is 10.0. The quantitative estimate of drug-likeness (QED) is 0.902. The van der Waals surface area contributed by atoms with Crippen LogP contribution in [0.3, 0.4) is 0 Å². The number of benzene rings is 1. The lowest BCUT2D eigenvalue weighted by molar-refractivity contribution is 0.102. The van der Waals surface area contributed by atoms with Gasteiger partial charge < -0.3 is 5.32 Å². The standard InChI is InChI=1S/C12H8Cl2N2O/c13-8-1-3-9(4-2-8)16-12(17)10-7-15-6-5-11(10)14/h1-7H,(H,16,17). The first kappa shape index (κ1) is 11.9. The van der Waals surface area contributed by atoms with E-state index in [0.717, 1.165) is 0 Å². The molecule has 1 heterocycles. The highest BCUT2D eigenvalue weighted by atomic mass is 35.5. The molecule has 0 unspecified atom stereocenters. The van der Waals surface area contributed by atoms with Crippen molar-refractivity contribution in [3.8, 4) is 0 Å². The van der Waals surface area contributed by atoms with Gasteiger partial charge in [-0.3, -0.25) is 9.78 Å². The molecule has 0 aliphatic heterocycles. The summed E-state index contributed by atoms with van der Waals surface area (Å²) in [5.41, 5.74) is 0.989. The molecule has 2 aromatic rings. The van der Waals surface area contributed by atoms with Crippen LogP contribution in [0.5, 0.6) is 0 Å². The summed E-state index contributed by atoms with van der Waals surface area (Å²) < 4.78 is 0. The van der Waals surface area contributed by atoms with Gasteiger partial charge >= 0.3 is 0 Å². The molecule has 1 aromatic heterocycles. The molecule has 5 heteroatoms. The molecule has 1 amide bonds. The first-order valence-corrected chi connectivity index (χ1v) is 5.59. The number of rotatable bonds is 2. The van der Waals surface area contributed by atoms with Gasteiger partial charge in [-0.1, -0.05) is 23.2 Å². The Labute approximate surface area is 108 Å². The average molecular weight is 267 g/mol. The number of nitrogens with zero attached hydrogens (tertiary/aromatic N) is 1. The fourth-order valence-electron chi connectivity index (χ4n) is 1.28. The highest BCUT2D eigenvalue weighted by Crippen LogP contribution is 2.17. The summed E-state index contributed by atoms with van der Waals surface area (Å²) in [7, 11) is 0. The third-order valence-corrected chi connectivity index (χ3v) is 2.70. The smallest absolute Gasteiger partial charge is 0.258 e. The third kappa shape index (κ3) is 2.96. The number of hydrogen-bond donors (Lipinski definition) is 1. The molecule has 0 saturated carbocycles. The second-order valence-electron chi connectivity index (χ2n) is 3.32. The maximum atomic E-state index is 11.9. The number of carbonyl (C=O) groups excluding carboxylic acids is 1. The Morgan fingerprint density at radius 1 is 1.12 bits per heavy atom. The van der Waals surface area contributed by atoms with Gasteiger partial charge in [0.1, 0.15) is 0 Å². The summed E-state index contributed by atoms with van der Waals surface area (Å²) in [6.45, 7) is 0. The zero-order valence-corrected chi connectivity index (χ0v) is 10.2. The van der Waals surface area contributed by atoms with Gasteiger partial charge in [0.05, 0.1) is 10.6 Å². The van der Waals surface area contributed by atoms with E-state index in [-0.39, 0.29) is 5.91 Å². The monoisotopic (exact) mass is 266 g/mol. The van der Waals surface area contributed by atoms with Crippen molar-refractivity contribution in [2.24, 2.45) is 0 Å². The van der Waals surface area contributed by atoms with E-state index in [9.17, 15) is 4.79 Å². The molecule has 3 nitrogen and oxygen atoms in total. The Bertz CT molecular complexity index is 540. The number of pyridine rings is 1. The number of aromatic nitrogens is 1. The molecule has 0 saturated heterocycles. The molecular weight excluding hydrogens is 259 g/mol. The Hall–Kier alpha value is -1.58. The Balaban J connectivity index is 2.17. The van der Waals surface area contributed by atoms with Crippen molar-refractivity contribution in [2.45, 2.75) is 0 Å². The molecule has 17 heavy (non-hydrogen) atoms. The number of anilines is 1. The Morgan fingerprint density at radius 2 is 1.82 bits per heavy atom. The van der Waals surface area contributed by atoms with Crippen molar-refractivity contribution < 1.29 is 4.79 Å². The van der Waals surface area contributed by atoms with E-state index >= 15 is 0 Å².